The fourth-order valence-electron chi connectivity index (χ4n) is 9.03. The number of nitrogens with one attached hydrogen (secondary N) is 1. The molecular formula is C32H44F2N6O4. The molecule has 2 aromatic heterocycles. The molecule has 2 aromatic rings. The third-order valence-corrected chi connectivity index (χ3v) is 11.2. The lowest BCUT2D eigenvalue weighted by molar-refractivity contribution is -0.235. The molecule has 3 spiro atoms. The van der Waals surface area contributed by atoms with E-state index in [4.69, 9.17) is 23.7 Å². The molecule has 12 heteroatoms. The first-order valence-corrected chi connectivity index (χ1v) is 16.6. The summed E-state index contributed by atoms with van der Waals surface area (Å²) < 4.78 is 55.9. The van der Waals surface area contributed by atoms with Crippen LogP contribution < -0.4 is 15.0 Å². The number of piperazine rings is 1. The van der Waals surface area contributed by atoms with E-state index >= 15 is 4.39 Å². The number of anilines is 1. The van der Waals surface area contributed by atoms with Crippen LogP contribution in [0.3, 0.4) is 0 Å². The maximum Gasteiger partial charge on any atom is 0.256 e. The van der Waals surface area contributed by atoms with Crippen LogP contribution in [-0.4, -0.2) is 95.6 Å². The summed E-state index contributed by atoms with van der Waals surface area (Å²) in [6.45, 7) is 6.73. The first-order chi connectivity index (χ1) is 21.2. The highest BCUT2D eigenvalue weighted by atomic mass is 19.1. The van der Waals surface area contributed by atoms with Crippen LogP contribution in [-0.2, 0) is 21.3 Å². The number of rotatable bonds is 5. The molecular weight excluding hydrogens is 570 g/mol. The van der Waals surface area contributed by atoms with E-state index in [0.29, 0.717) is 50.8 Å². The van der Waals surface area contributed by atoms with Crippen molar-refractivity contribution in [2.75, 3.05) is 44.8 Å². The van der Waals surface area contributed by atoms with E-state index in [1.165, 1.54) is 0 Å². The van der Waals surface area contributed by atoms with Gasteiger partial charge in [-0.2, -0.15) is 9.37 Å². The Balaban J connectivity index is 1.21. The van der Waals surface area contributed by atoms with E-state index in [9.17, 15) is 4.39 Å². The average Bonchev–Trinajstić information content (AvgIpc) is 3.34. The van der Waals surface area contributed by atoms with E-state index in [1.54, 1.807) is 0 Å². The zero-order valence-electron chi connectivity index (χ0n) is 26.0. The third-order valence-electron chi connectivity index (χ3n) is 11.2. The fourth-order valence-corrected chi connectivity index (χ4v) is 9.03. The van der Waals surface area contributed by atoms with E-state index in [1.807, 2.05) is 23.8 Å². The number of hydrogen-bond acceptors (Lipinski definition) is 10. The zero-order chi connectivity index (χ0) is 30.3. The van der Waals surface area contributed by atoms with Gasteiger partial charge >= 0.3 is 0 Å². The van der Waals surface area contributed by atoms with E-state index in [0.717, 1.165) is 69.1 Å². The van der Waals surface area contributed by atoms with Crippen LogP contribution in [0.15, 0.2) is 4.52 Å². The molecule has 2 saturated carbocycles. The predicted molar refractivity (Wildman–Crippen MR) is 158 cm³/mol. The Morgan fingerprint density at radius 3 is 2.57 bits per heavy atom. The molecule has 10 nitrogen and oxygen atoms in total. The van der Waals surface area contributed by atoms with E-state index in [-0.39, 0.29) is 29.3 Å². The molecule has 5 heterocycles. The van der Waals surface area contributed by atoms with E-state index < -0.39 is 29.3 Å². The SMILES string of the molecule is C[C@H](Oc1nc(-c2noc3c2CCC[C@@]32CCCCC23OCCO3)nc(N2C[C@H](C)NC3(CC3)C2)c1F)[C@@H]1C[C@@H](F)CN1C. The van der Waals surface area contributed by atoms with Gasteiger partial charge in [-0.15, -0.1) is 0 Å². The number of likely N-dealkylation sites (N-methyl/N-ethyl adjacent to an activating group) is 1. The van der Waals surface area contributed by atoms with Gasteiger partial charge in [0, 0.05) is 49.2 Å². The highest BCUT2D eigenvalue weighted by Crippen LogP contribution is 2.57. The van der Waals surface area contributed by atoms with Crippen molar-refractivity contribution in [2.45, 2.75) is 119 Å². The summed E-state index contributed by atoms with van der Waals surface area (Å²) in [4.78, 5) is 13.5. The summed E-state index contributed by atoms with van der Waals surface area (Å²) in [6, 6.07) is -0.0108. The highest BCUT2D eigenvalue weighted by molar-refractivity contribution is 5.62. The number of likely N-dealkylation sites (tertiary alicyclic amines) is 1. The summed E-state index contributed by atoms with van der Waals surface area (Å²) in [5.41, 5.74) is 1.06. The monoisotopic (exact) mass is 614 g/mol. The van der Waals surface area contributed by atoms with Gasteiger partial charge < -0.3 is 29.0 Å². The van der Waals surface area contributed by atoms with Crippen LogP contribution in [0, 0.1) is 5.82 Å². The Kier molecular flexibility index (Phi) is 6.97. The summed E-state index contributed by atoms with van der Waals surface area (Å²) in [5, 5.41) is 8.27. The molecule has 3 aliphatic heterocycles. The Hall–Kier alpha value is -2.41. The molecule has 3 aliphatic carbocycles. The van der Waals surface area contributed by atoms with Gasteiger partial charge in [-0.25, -0.2) is 9.37 Å². The van der Waals surface area contributed by atoms with Crippen LogP contribution in [0.25, 0.3) is 11.5 Å². The van der Waals surface area contributed by atoms with Crippen LogP contribution in [0.4, 0.5) is 14.6 Å². The first-order valence-electron chi connectivity index (χ1n) is 16.6. The number of hydrogen-bond donors (Lipinski definition) is 1. The van der Waals surface area contributed by atoms with Crippen molar-refractivity contribution in [2.24, 2.45) is 0 Å². The minimum absolute atomic E-state index is 0.0117. The second kappa shape index (κ2) is 10.6. The minimum atomic E-state index is -0.931. The minimum Gasteiger partial charge on any atom is -0.471 e. The molecule has 0 radical (unpaired) electrons. The lowest BCUT2D eigenvalue weighted by Gasteiger charge is -2.50. The molecule has 0 bridgehead atoms. The number of ether oxygens (including phenoxy) is 3. The molecule has 240 valence electrons. The number of fused-ring (bicyclic) bond motifs is 3. The van der Waals surface area contributed by atoms with Crippen molar-refractivity contribution < 1.29 is 27.5 Å². The van der Waals surface area contributed by atoms with Crippen LogP contribution in [0.5, 0.6) is 5.88 Å². The maximum absolute atomic E-state index is 16.4. The van der Waals surface area contributed by atoms with Crippen molar-refractivity contribution in [3.8, 4) is 17.4 Å². The summed E-state index contributed by atoms with van der Waals surface area (Å²) in [5.74, 6) is -0.0899. The van der Waals surface area contributed by atoms with Crippen LogP contribution >= 0.6 is 0 Å². The summed E-state index contributed by atoms with van der Waals surface area (Å²) >= 11 is 0. The molecule has 5 atom stereocenters. The Bertz CT molecular complexity index is 1410. The number of nitrogens with zero attached hydrogens (tertiary/aromatic N) is 5. The normalized spacial score (nSPS) is 33.3. The Morgan fingerprint density at radius 1 is 1.05 bits per heavy atom. The number of alkyl halides is 1. The van der Waals surface area contributed by atoms with Gasteiger partial charge in [-0.1, -0.05) is 11.6 Å². The van der Waals surface area contributed by atoms with Gasteiger partial charge in [0.05, 0.1) is 18.6 Å². The van der Waals surface area contributed by atoms with Crippen molar-refractivity contribution in [1.82, 2.24) is 25.3 Å². The second-order valence-electron chi connectivity index (χ2n) is 14.3. The van der Waals surface area contributed by atoms with E-state index in [2.05, 4.69) is 22.4 Å². The number of halogens is 2. The fraction of sp³-hybridized carbons (Fsp3) is 0.781. The third kappa shape index (κ3) is 4.57. The predicted octanol–water partition coefficient (Wildman–Crippen LogP) is 4.30. The smallest absolute Gasteiger partial charge is 0.256 e. The highest BCUT2D eigenvalue weighted by Gasteiger charge is 2.61. The molecule has 1 N–H and O–H groups in total. The first kappa shape index (κ1) is 29.0. The second-order valence-corrected chi connectivity index (χ2v) is 14.3. The lowest BCUT2D eigenvalue weighted by Crippen LogP contribution is -2.57. The largest absolute Gasteiger partial charge is 0.471 e. The molecule has 5 fully saturated rings. The molecule has 44 heavy (non-hydrogen) atoms. The van der Waals surface area contributed by atoms with Crippen molar-refractivity contribution in [3.05, 3.63) is 17.1 Å². The lowest BCUT2D eigenvalue weighted by atomic mass is 9.61. The molecule has 0 unspecified atom stereocenters. The van der Waals surface area contributed by atoms with Gasteiger partial charge in [0.15, 0.2) is 28.9 Å². The Morgan fingerprint density at radius 2 is 1.82 bits per heavy atom. The van der Waals surface area contributed by atoms with Crippen LogP contribution in [0.1, 0.15) is 83.0 Å². The Labute approximate surface area is 257 Å². The molecule has 0 aromatic carbocycles. The van der Waals surface area contributed by atoms with Crippen LogP contribution in [0.2, 0.25) is 0 Å². The zero-order valence-corrected chi connectivity index (χ0v) is 26.0. The van der Waals surface area contributed by atoms with Crippen molar-refractivity contribution >= 4 is 5.82 Å². The molecule has 8 rings (SSSR count). The average molecular weight is 615 g/mol. The van der Waals surface area contributed by atoms with Gasteiger partial charge in [-0.05, 0) is 72.3 Å². The number of aromatic nitrogens is 3. The molecule has 6 aliphatic rings. The molecule has 0 amide bonds. The van der Waals surface area contributed by atoms with Gasteiger partial charge in [-0.3, -0.25) is 4.90 Å². The van der Waals surface area contributed by atoms with Gasteiger partial charge in [0.2, 0.25) is 5.82 Å². The van der Waals surface area contributed by atoms with Gasteiger partial charge in [0.25, 0.3) is 5.88 Å². The quantitative estimate of drug-likeness (QED) is 0.525. The molecule has 3 saturated heterocycles. The topological polar surface area (TPSA) is 98.0 Å². The summed E-state index contributed by atoms with van der Waals surface area (Å²) in [6.07, 6.45) is 7.47. The van der Waals surface area contributed by atoms with Crippen molar-refractivity contribution in [3.63, 3.8) is 0 Å². The van der Waals surface area contributed by atoms with Crippen molar-refractivity contribution in [1.29, 1.82) is 0 Å². The summed E-state index contributed by atoms with van der Waals surface area (Å²) in [7, 11) is 1.88. The van der Waals surface area contributed by atoms with Gasteiger partial charge in [0.1, 0.15) is 12.3 Å². The maximum atomic E-state index is 16.4. The standard InChI is InChI=1S/C32H44F2N6O4/c1-19-16-40(18-30(37-19)11-12-30)28-24(34)29(43-20(2)23-15-21(33)17-39(23)3)36-27(35-28)25-22-7-6-9-31(26(22)44-38-25)8-4-5-10-32(31)41-13-14-42-32/h19-21,23,37H,4-18H2,1-3H3/t19-,20-,21+,23-,31-/m0/s1.